The molecule has 0 saturated heterocycles. The molecule has 0 unspecified atom stereocenters. The molecule has 0 amide bonds. The van der Waals surface area contributed by atoms with Crippen LogP contribution in [-0.4, -0.2) is 58.3 Å². The number of aromatic nitrogens is 4. The van der Waals surface area contributed by atoms with Crippen molar-refractivity contribution in [3.05, 3.63) is 35.6 Å². The number of ether oxygens (including phenoxy) is 2. The maximum atomic E-state index is 6.36. The van der Waals surface area contributed by atoms with Crippen molar-refractivity contribution in [2.75, 3.05) is 33.9 Å². The highest BCUT2D eigenvalue weighted by Gasteiger charge is 2.19. The Balaban J connectivity index is 1.88. The third-order valence-corrected chi connectivity index (χ3v) is 5.85. The fourth-order valence-corrected chi connectivity index (χ4v) is 3.98. The summed E-state index contributed by atoms with van der Waals surface area (Å²) in [6, 6.07) is 5.80. The van der Waals surface area contributed by atoms with Gasteiger partial charge in [-0.15, -0.1) is 0 Å². The van der Waals surface area contributed by atoms with Gasteiger partial charge in [-0.1, -0.05) is 25.4 Å². The van der Waals surface area contributed by atoms with Gasteiger partial charge in [0.1, 0.15) is 11.2 Å². The van der Waals surface area contributed by atoms with Crippen LogP contribution in [0, 0.1) is 0 Å². The Bertz CT molecular complexity index is 1180. The highest BCUT2D eigenvalue weighted by molar-refractivity contribution is 6.35. The van der Waals surface area contributed by atoms with Crippen molar-refractivity contribution in [1.29, 1.82) is 0 Å². The summed E-state index contributed by atoms with van der Waals surface area (Å²) < 4.78 is 13.2. The predicted octanol–water partition coefficient (Wildman–Crippen LogP) is 4.59. The van der Waals surface area contributed by atoms with Crippen molar-refractivity contribution in [3.8, 4) is 22.9 Å². The highest BCUT2D eigenvalue weighted by Crippen LogP contribution is 2.37. The molecule has 0 bridgehead atoms. The molecule has 0 spiro atoms. The summed E-state index contributed by atoms with van der Waals surface area (Å²) >= 11 is 6.36. The van der Waals surface area contributed by atoms with Crippen LogP contribution >= 0.6 is 11.6 Å². The summed E-state index contributed by atoms with van der Waals surface area (Å²) in [6.45, 7) is 8.19. The summed E-state index contributed by atoms with van der Waals surface area (Å²) in [5, 5.41) is 1.55. The monoisotopic (exact) mass is 427 g/mol. The predicted molar refractivity (Wildman–Crippen MR) is 121 cm³/mol. The first-order valence-corrected chi connectivity index (χ1v) is 10.4. The fraction of sp³-hybridized carbons (Fsp3) is 0.364. The van der Waals surface area contributed by atoms with E-state index >= 15 is 0 Å². The minimum atomic E-state index is 0.458. The molecule has 4 aromatic rings. The average molecular weight is 428 g/mol. The van der Waals surface area contributed by atoms with Gasteiger partial charge in [0, 0.05) is 42.5 Å². The van der Waals surface area contributed by atoms with E-state index in [4.69, 9.17) is 26.1 Å². The van der Waals surface area contributed by atoms with Gasteiger partial charge in [-0.2, -0.15) is 0 Å². The summed E-state index contributed by atoms with van der Waals surface area (Å²) in [5.41, 5.74) is 4.47. The molecule has 7 nitrogen and oxygen atoms in total. The molecule has 0 radical (unpaired) electrons. The number of hydrogen-bond acceptors (Lipinski definition) is 5. The standard InChI is InChI=1S/C22H26ClN5O2/c1-5-27(6-2)9-10-28-13-15(17-11-14-16(23)7-8-24-21(14)25-17)20-18(28)12-19(29-3)22(26-20)30-4/h7-8,11-13H,5-6,9-10H2,1-4H3,(H,24,25). The maximum Gasteiger partial charge on any atom is 0.257 e. The van der Waals surface area contributed by atoms with Crippen LogP contribution in [0.2, 0.25) is 5.02 Å². The highest BCUT2D eigenvalue weighted by atomic mass is 35.5. The molecule has 4 heterocycles. The smallest absolute Gasteiger partial charge is 0.257 e. The van der Waals surface area contributed by atoms with E-state index in [1.54, 1.807) is 26.5 Å². The minimum Gasteiger partial charge on any atom is -0.491 e. The Labute approximate surface area is 180 Å². The number of pyridine rings is 2. The van der Waals surface area contributed by atoms with E-state index in [1.807, 2.05) is 12.1 Å². The molecule has 1 N–H and O–H groups in total. The first kappa shape index (κ1) is 20.5. The number of H-pyrrole nitrogens is 1. The zero-order valence-corrected chi connectivity index (χ0v) is 18.5. The molecule has 4 aromatic heterocycles. The van der Waals surface area contributed by atoms with Crippen molar-refractivity contribution < 1.29 is 9.47 Å². The van der Waals surface area contributed by atoms with Crippen LogP contribution in [0.1, 0.15) is 13.8 Å². The number of nitrogens with zero attached hydrogens (tertiary/aromatic N) is 4. The van der Waals surface area contributed by atoms with E-state index in [1.165, 1.54) is 0 Å². The van der Waals surface area contributed by atoms with Crippen LogP contribution in [0.5, 0.6) is 11.6 Å². The molecule has 0 aliphatic heterocycles. The average Bonchev–Trinajstić information content (AvgIpc) is 3.35. The van der Waals surface area contributed by atoms with Gasteiger partial charge in [-0.3, -0.25) is 0 Å². The van der Waals surface area contributed by atoms with E-state index < -0.39 is 0 Å². The number of likely N-dealkylation sites (N-methyl/N-ethyl adjacent to an activating group) is 1. The first-order valence-electron chi connectivity index (χ1n) is 10.1. The van der Waals surface area contributed by atoms with Gasteiger partial charge in [0.25, 0.3) is 5.88 Å². The van der Waals surface area contributed by atoms with Gasteiger partial charge >= 0.3 is 0 Å². The normalized spacial score (nSPS) is 11.7. The number of rotatable bonds is 8. The van der Waals surface area contributed by atoms with Crippen LogP contribution in [0.25, 0.3) is 33.3 Å². The Kier molecular flexibility index (Phi) is 5.83. The lowest BCUT2D eigenvalue weighted by atomic mass is 10.2. The molecule has 4 rings (SSSR count). The van der Waals surface area contributed by atoms with Crippen molar-refractivity contribution >= 4 is 33.7 Å². The van der Waals surface area contributed by atoms with E-state index in [9.17, 15) is 0 Å². The number of hydrogen-bond donors (Lipinski definition) is 1. The lowest BCUT2D eigenvalue weighted by Gasteiger charge is -2.18. The molecule has 0 aliphatic rings. The van der Waals surface area contributed by atoms with Crippen LogP contribution < -0.4 is 9.47 Å². The van der Waals surface area contributed by atoms with Crippen LogP contribution in [0.3, 0.4) is 0 Å². The molecule has 0 aromatic carbocycles. The van der Waals surface area contributed by atoms with Crippen LogP contribution in [0.15, 0.2) is 30.6 Å². The molecule has 30 heavy (non-hydrogen) atoms. The molecule has 0 aliphatic carbocycles. The number of methoxy groups -OCH3 is 2. The van der Waals surface area contributed by atoms with E-state index in [0.717, 1.165) is 59.5 Å². The van der Waals surface area contributed by atoms with Gasteiger partial charge in [-0.05, 0) is 25.2 Å². The summed E-state index contributed by atoms with van der Waals surface area (Å²) in [7, 11) is 3.22. The molecule has 158 valence electrons. The van der Waals surface area contributed by atoms with Crippen molar-refractivity contribution in [1.82, 2.24) is 24.4 Å². The van der Waals surface area contributed by atoms with Gasteiger partial charge in [-0.25, -0.2) is 9.97 Å². The van der Waals surface area contributed by atoms with Crippen molar-refractivity contribution in [2.45, 2.75) is 20.4 Å². The van der Waals surface area contributed by atoms with Crippen molar-refractivity contribution in [3.63, 3.8) is 0 Å². The number of aromatic amines is 1. The largest absolute Gasteiger partial charge is 0.491 e. The summed E-state index contributed by atoms with van der Waals surface area (Å²) in [4.78, 5) is 14.9. The van der Waals surface area contributed by atoms with Crippen LogP contribution in [-0.2, 0) is 6.54 Å². The Morgan fingerprint density at radius 3 is 2.63 bits per heavy atom. The second kappa shape index (κ2) is 8.53. The fourth-order valence-electron chi connectivity index (χ4n) is 3.78. The number of fused-ring (bicyclic) bond motifs is 2. The van der Waals surface area contributed by atoms with Crippen molar-refractivity contribution in [2.24, 2.45) is 0 Å². The topological polar surface area (TPSA) is 68.2 Å². The quantitative estimate of drug-likeness (QED) is 0.445. The van der Waals surface area contributed by atoms with E-state index in [2.05, 4.69) is 39.5 Å². The number of halogens is 1. The van der Waals surface area contributed by atoms with Gasteiger partial charge in [0.15, 0.2) is 5.75 Å². The molecule has 0 atom stereocenters. The SMILES string of the molecule is CCN(CC)CCn1cc(-c2cc3c(Cl)ccnc3[nH]2)c2nc(OC)c(OC)cc21. The zero-order chi connectivity index (χ0) is 21.3. The van der Waals surface area contributed by atoms with Gasteiger partial charge < -0.3 is 23.9 Å². The molecular weight excluding hydrogens is 402 g/mol. The second-order valence-corrected chi connectivity index (χ2v) is 7.48. The molecule has 0 saturated carbocycles. The molecule has 0 fully saturated rings. The number of nitrogens with one attached hydrogen (secondary N) is 1. The lowest BCUT2D eigenvalue weighted by Crippen LogP contribution is -2.26. The van der Waals surface area contributed by atoms with E-state index in [-0.39, 0.29) is 0 Å². The van der Waals surface area contributed by atoms with Gasteiger partial charge in [0.05, 0.1) is 30.5 Å². The molecular formula is C22H26ClN5O2. The molecule has 8 heteroatoms. The summed E-state index contributed by atoms with van der Waals surface area (Å²) in [5.74, 6) is 1.07. The third kappa shape index (κ3) is 3.59. The summed E-state index contributed by atoms with van der Waals surface area (Å²) in [6.07, 6.45) is 3.82. The lowest BCUT2D eigenvalue weighted by molar-refractivity contribution is 0.292. The minimum absolute atomic E-state index is 0.458. The third-order valence-electron chi connectivity index (χ3n) is 5.52. The Morgan fingerprint density at radius 2 is 1.97 bits per heavy atom. The Hall–Kier alpha value is -2.77. The van der Waals surface area contributed by atoms with Crippen LogP contribution in [0.4, 0.5) is 0 Å². The second-order valence-electron chi connectivity index (χ2n) is 7.07. The Morgan fingerprint density at radius 1 is 1.17 bits per heavy atom. The first-order chi connectivity index (χ1) is 14.6. The van der Waals surface area contributed by atoms with Gasteiger partial charge in [0.2, 0.25) is 0 Å². The van der Waals surface area contributed by atoms with E-state index in [0.29, 0.717) is 16.7 Å². The maximum absolute atomic E-state index is 6.36. The zero-order valence-electron chi connectivity index (χ0n) is 17.7.